The Morgan fingerprint density at radius 1 is 1.15 bits per heavy atom. The van der Waals surface area contributed by atoms with Gasteiger partial charge >= 0.3 is 0 Å². The van der Waals surface area contributed by atoms with Crippen LogP contribution in [0.25, 0.3) is 10.9 Å². The number of rotatable bonds is 8. The summed E-state index contributed by atoms with van der Waals surface area (Å²) in [5.41, 5.74) is 3.19. The highest BCUT2D eigenvalue weighted by molar-refractivity contribution is 7.09. The van der Waals surface area contributed by atoms with Crippen molar-refractivity contribution in [1.82, 2.24) is 19.9 Å². The van der Waals surface area contributed by atoms with Crippen molar-refractivity contribution in [2.24, 2.45) is 0 Å². The monoisotopic (exact) mass is 481 g/mol. The maximum atomic E-state index is 12.4. The molecular formula is C24H24ClN5O2S. The molecule has 0 bridgehead atoms. The van der Waals surface area contributed by atoms with Crippen LogP contribution < -0.4 is 10.9 Å². The van der Waals surface area contributed by atoms with Crippen LogP contribution in [0.5, 0.6) is 0 Å². The Morgan fingerprint density at radius 3 is 2.70 bits per heavy atom. The van der Waals surface area contributed by atoms with Gasteiger partial charge in [0.05, 0.1) is 29.6 Å². The molecule has 0 aliphatic heterocycles. The molecule has 0 saturated heterocycles. The first-order valence-corrected chi connectivity index (χ1v) is 11.9. The predicted molar refractivity (Wildman–Crippen MR) is 133 cm³/mol. The Balaban J connectivity index is 1.39. The van der Waals surface area contributed by atoms with Crippen LogP contribution in [0.15, 0.2) is 52.6 Å². The number of H-pyrrole nitrogens is 1. The van der Waals surface area contributed by atoms with Crippen molar-refractivity contribution in [2.45, 2.75) is 33.4 Å². The minimum Gasteiger partial charge on any atom is -0.326 e. The smallest absolute Gasteiger partial charge is 0.258 e. The summed E-state index contributed by atoms with van der Waals surface area (Å²) in [4.78, 5) is 38.9. The highest BCUT2D eigenvalue weighted by atomic mass is 35.5. The second kappa shape index (κ2) is 10.2. The Bertz CT molecular complexity index is 1330. The van der Waals surface area contributed by atoms with Crippen molar-refractivity contribution in [2.75, 3.05) is 11.9 Å². The number of aromatic nitrogens is 3. The van der Waals surface area contributed by atoms with E-state index in [4.69, 9.17) is 11.6 Å². The van der Waals surface area contributed by atoms with Gasteiger partial charge in [0.2, 0.25) is 5.91 Å². The highest BCUT2D eigenvalue weighted by Crippen LogP contribution is 2.17. The van der Waals surface area contributed by atoms with E-state index in [1.54, 1.807) is 18.2 Å². The SMILES string of the molecule is CCN(Cc1csc(CC(=O)Nc2ccc(C)cc2)n1)Cc1nc2cc(Cl)ccc2c(=O)[nH]1. The number of nitrogens with one attached hydrogen (secondary N) is 2. The molecule has 0 spiro atoms. The third-order valence-electron chi connectivity index (χ3n) is 5.17. The standard InChI is InChI=1S/C24H24ClN5O2S/c1-3-30(13-21-28-20-10-16(25)6-9-19(20)24(32)29-21)12-18-14-33-23(27-18)11-22(31)26-17-7-4-15(2)5-8-17/h4-10,14H,3,11-13H2,1-2H3,(H,26,31)(H,28,29,32). The van der Waals surface area contributed by atoms with E-state index in [0.717, 1.165) is 28.5 Å². The Labute approximate surface area is 200 Å². The summed E-state index contributed by atoms with van der Waals surface area (Å²) in [6.45, 7) is 5.85. The lowest BCUT2D eigenvalue weighted by molar-refractivity contribution is -0.115. The third kappa shape index (κ3) is 6.04. The van der Waals surface area contributed by atoms with Crippen LogP contribution in [-0.4, -0.2) is 32.3 Å². The van der Waals surface area contributed by atoms with E-state index in [0.29, 0.717) is 34.8 Å². The van der Waals surface area contributed by atoms with Gasteiger partial charge in [-0.1, -0.05) is 36.2 Å². The molecule has 0 fully saturated rings. The second-order valence-electron chi connectivity index (χ2n) is 7.80. The van der Waals surface area contributed by atoms with Gasteiger partial charge in [0, 0.05) is 22.6 Å². The molecular weight excluding hydrogens is 458 g/mol. The first-order valence-electron chi connectivity index (χ1n) is 10.6. The van der Waals surface area contributed by atoms with E-state index in [2.05, 4.69) is 25.2 Å². The first-order chi connectivity index (χ1) is 15.9. The van der Waals surface area contributed by atoms with Crippen molar-refractivity contribution in [1.29, 1.82) is 0 Å². The fourth-order valence-corrected chi connectivity index (χ4v) is 4.39. The van der Waals surface area contributed by atoms with Crippen molar-refractivity contribution in [3.8, 4) is 0 Å². The Morgan fingerprint density at radius 2 is 1.94 bits per heavy atom. The van der Waals surface area contributed by atoms with Crippen molar-refractivity contribution >= 4 is 45.4 Å². The fourth-order valence-electron chi connectivity index (χ4n) is 3.44. The first kappa shape index (κ1) is 23.1. The zero-order chi connectivity index (χ0) is 23.4. The molecule has 4 aromatic rings. The summed E-state index contributed by atoms with van der Waals surface area (Å²) in [5.74, 6) is 0.480. The molecule has 0 saturated carbocycles. The minimum absolute atomic E-state index is 0.0938. The minimum atomic E-state index is -0.182. The molecule has 9 heteroatoms. The molecule has 0 aliphatic carbocycles. The van der Waals surface area contributed by atoms with Gasteiger partial charge in [-0.15, -0.1) is 11.3 Å². The van der Waals surface area contributed by atoms with Crippen LogP contribution in [0, 0.1) is 6.92 Å². The number of fused-ring (bicyclic) bond motifs is 1. The third-order valence-corrected chi connectivity index (χ3v) is 6.30. The van der Waals surface area contributed by atoms with E-state index in [-0.39, 0.29) is 17.9 Å². The largest absolute Gasteiger partial charge is 0.326 e. The number of aryl methyl sites for hydroxylation is 1. The number of hydrogen-bond donors (Lipinski definition) is 2. The zero-order valence-corrected chi connectivity index (χ0v) is 20.0. The van der Waals surface area contributed by atoms with Gasteiger partial charge in [0.25, 0.3) is 5.56 Å². The van der Waals surface area contributed by atoms with E-state index < -0.39 is 0 Å². The number of carbonyl (C=O) groups excluding carboxylic acids is 1. The van der Waals surface area contributed by atoms with Gasteiger partial charge in [-0.3, -0.25) is 14.5 Å². The Hall–Kier alpha value is -3.07. The van der Waals surface area contributed by atoms with E-state index in [9.17, 15) is 9.59 Å². The number of anilines is 1. The fraction of sp³-hybridized carbons (Fsp3) is 0.250. The van der Waals surface area contributed by atoms with Gasteiger partial charge < -0.3 is 10.3 Å². The van der Waals surface area contributed by atoms with E-state index in [1.165, 1.54) is 11.3 Å². The number of halogens is 1. The second-order valence-corrected chi connectivity index (χ2v) is 9.18. The summed E-state index contributed by atoms with van der Waals surface area (Å²) < 4.78 is 0. The maximum Gasteiger partial charge on any atom is 0.258 e. The number of benzene rings is 2. The van der Waals surface area contributed by atoms with Crippen molar-refractivity contribution in [3.05, 3.63) is 85.3 Å². The van der Waals surface area contributed by atoms with Crippen LogP contribution in [0.4, 0.5) is 5.69 Å². The van der Waals surface area contributed by atoms with Crippen LogP contribution in [-0.2, 0) is 24.3 Å². The lowest BCUT2D eigenvalue weighted by atomic mass is 10.2. The zero-order valence-electron chi connectivity index (χ0n) is 18.4. The molecule has 2 N–H and O–H groups in total. The molecule has 0 aliphatic rings. The topological polar surface area (TPSA) is 91.0 Å². The average Bonchev–Trinajstić information content (AvgIpc) is 3.21. The molecule has 2 aromatic carbocycles. The van der Waals surface area contributed by atoms with Crippen molar-refractivity contribution < 1.29 is 4.79 Å². The molecule has 0 unspecified atom stereocenters. The molecule has 4 rings (SSSR count). The maximum absolute atomic E-state index is 12.4. The summed E-state index contributed by atoms with van der Waals surface area (Å²) in [7, 11) is 0. The van der Waals surface area contributed by atoms with Crippen molar-refractivity contribution in [3.63, 3.8) is 0 Å². The number of aromatic amines is 1. The molecule has 0 radical (unpaired) electrons. The number of hydrogen-bond acceptors (Lipinski definition) is 6. The molecule has 170 valence electrons. The lowest BCUT2D eigenvalue weighted by Crippen LogP contribution is -2.25. The lowest BCUT2D eigenvalue weighted by Gasteiger charge is -2.18. The van der Waals surface area contributed by atoms with Crippen LogP contribution >= 0.6 is 22.9 Å². The van der Waals surface area contributed by atoms with Crippen LogP contribution in [0.3, 0.4) is 0 Å². The van der Waals surface area contributed by atoms with Gasteiger partial charge in [-0.25, -0.2) is 9.97 Å². The molecule has 2 aromatic heterocycles. The van der Waals surface area contributed by atoms with Crippen LogP contribution in [0.2, 0.25) is 5.02 Å². The molecule has 0 atom stereocenters. The van der Waals surface area contributed by atoms with Gasteiger partial charge in [-0.05, 0) is 43.8 Å². The van der Waals surface area contributed by atoms with E-state index in [1.807, 2.05) is 43.5 Å². The number of carbonyl (C=O) groups is 1. The molecule has 7 nitrogen and oxygen atoms in total. The van der Waals surface area contributed by atoms with Gasteiger partial charge in [0.1, 0.15) is 10.8 Å². The summed E-state index contributed by atoms with van der Waals surface area (Å²) >= 11 is 7.52. The number of nitrogens with zero attached hydrogens (tertiary/aromatic N) is 3. The normalized spacial score (nSPS) is 11.3. The predicted octanol–water partition coefficient (Wildman–Crippen LogP) is 4.54. The quantitative estimate of drug-likeness (QED) is 0.385. The van der Waals surface area contributed by atoms with E-state index >= 15 is 0 Å². The molecule has 33 heavy (non-hydrogen) atoms. The molecule has 2 heterocycles. The number of amides is 1. The summed E-state index contributed by atoms with van der Waals surface area (Å²) in [6, 6.07) is 12.7. The Kier molecular flexibility index (Phi) is 7.17. The van der Waals surface area contributed by atoms with Crippen LogP contribution in [0.1, 0.15) is 29.0 Å². The molecule has 1 amide bonds. The van der Waals surface area contributed by atoms with Gasteiger partial charge in [-0.2, -0.15) is 0 Å². The highest BCUT2D eigenvalue weighted by Gasteiger charge is 2.13. The number of thiazole rings is 1. The summed E-state index contributed by atoms with van der Waals surface area (Å²) in [6.07, 6.45) is 0.227. The average molecular weight is 482 g/mol. The van der Waals surface area contributed by atoms with Gasteiger partial charge in [0.15, 0.2) is 0 Å². The summed E-state index contributed by atoms with van der Waals surface area (Å²) in [5, 5.41) is 6.68.